The van der Waals surface area contributed by atoms with Crippen molar-refractivity contribution < 1.29 is 0 Å². The van der Waals surface area contributed by atoms with Gasteiger partial charge >= 0.3 is 0 Å². The van der Waals surface area contributed by atoms with Gasteiger partial charge in [0.1, 0.15) is 5.01 Å². The lowest BCUT2D eigenvalue weighted by molar-refractivity contribution is 0.487. The van der Waals surface area contributed by atoms with E-state index >= 15 is 0 Å². The van der Waals surface area contributed by atoms with Gasteiger partial charge in [-0.05, 0) is 43.6 Å². The van der Waals surface area contributed by atoms with Crippen LogP contribution in [0.5, 0.6) is 0 Å². The lowest BCUT2D eigenvalue weighted by Gasteiger charge is -2.21. The molecule has 0 radical (unpaired) electrons. The SMILES string of the molecule is CN(C(N)=NCc1nc2c(s1)C[C@H](c1ccccc1)CC2)C1CC1. The summed E-state index contributed by atoms with van der Waals surface area (Å²) in [6, 6.07) is 11.5. The van der Waals surface area contributed by atoms with Crippen molar-refractivity contribution in [2.45, 2.75) is 50.6 Å². The molecule has 1 aromatic carbocycles. The molecule has 0 aliphatic heterocycles. The van der Waals surface area contributed by atoms with Crippen LogP contribution in [0.2, 0.25) is 0 Å². The van der Waals surface area contributed by atoms with Crippen LogP contribution in [0.15, 0.2) is 35.3 Å². The largest absolute Gasteiger partial charge is 0.370 e. The van der Waals surface area contributed by atoms with E-state index in [0.29, 0.717) is 24.5 Å². The highest BCUT2D eigenvalue weighted by molar-refractivity contribution is 7.11. The van der Waals surface area contributed by atoms with E-state index in [4.69, 9.17) is 10.7 Å². The van der Waals surface area contributed by atoms with Crippen molar-refractivity contribution in [1.82, 2.24) is 9.88 Å². The Balaban J connectivity index is 1.43. The molecule has 1 aromatic heterocycles. The van der Waals surface area contributed by atoms with Gasteiger partial charge in [0.15, 0.2) is 5.96 Å². The van der Waals surface area contributed by atoms with Crippen molar-refractivity contribution in [3.05, 3.63) is 51.5 Å². The van der Waals surface area contributed by atoms with Crippen LogP contribution in [0.25, 0.3) is 0 Å². The highest BCUT2D eigenvalue weighted by atomic mass is 32.1. The Morgan fingerprint density at radius 3 is 2.83 bits per heavy atom. The molecule has 0 saturated heterocycles. The normalized spacial score (nSPS) is 20.7. The molecule has 0 spiro atoms. The van der Waals surface area contributed by atoms with Gasteiger partial charge in [-0.2, -0.15) is 0 Å². The van der Waals surface area contributed by atoms with Gasteiger partial charge in [0.2, 0.25) is 0 Å². The molecule has 0 amide bonds. The Bertz CT molecular complexity index is 733. The molecule has 2 N–H and O–H groups in total. The number of benzene rings is 1. The van der Waals surface area contributed by atoms with E-state index in [9.17, 15) is 0 Å². The van der Waals surface area contributed by atoms with E-state index < -0.39 is 0 Å². The lowest BCUT2D eigenvalue weighted by Crippen LogP contribution is -2.35. The number of guanidine groups is 1. The summed E-state index contributed by atoms with van der Waals surface area (Å²) in [5.74, 6) is 1.27. The van der Waals surface area contributed by atoms with E-state index in [0.717, 1.165) is 17.8 Å². The maximum absolute atomic E-state index is 6.08. The summed E-state index contributed by atoms with van der Waals surface area (Å²) in [6.45, 7) is 0.608. The van der Waals surface area contributed by atoms with Crippen LogP contribution in [0.1, 0.15) is 46.3 Å². The summed E-state index contributed by atoms with van der Waals surface area (Å²) in [6.07, 6.45) is 5.85. The van der Waals surface area contributed by atoms with Crippen molar-refractivity contribution in [1.29, 1.82) is 0 Å². The Labute approximate surface area is 147 Å². The molecule has 2 aliphatic carbocycles. The minimum Gasteiger partial charge on any atom is -0.370 e. The van der Waals surface area contributed by atoms with Crippen LogP contribution in [-0.4, -0.2) is 28.9 Å². The molecule has 2 aromatic rings. The quantitative estimate of drug-likeness (QED) is 0.686. The Morgan fingerprint density at radius 1 is 1.29 bits per heavy atom. The fraction of sp³-hybridized carbons (Fsp3) is 0.474. The van der Waals surface area contributed by atoms with Gasteiger partial charge in [-0.25, -0.2) is 9.98 Å². The molecule has 1 heterocycles. The third-order valence-corrected chi connectivity index (χ3v) is 6.19. The second-order valence-corrected chi connectivity index (χ2v) is 8.01. The molecule has 126 valence electrons. The molecule has 4 nitrogen and oxygen atoms in total. The Kier molecular flexibility index (Phi) is 4.27. The standard InChI is InChI=1S/C19H24N4S/c1-23(15-8-9-15)19(20)21-12-18-22-16-10-7-14(11-17(16)24-18)13-5-3-2-4-6-13/h2-6,14-15H,7-12H2,1H3,(H2,20,21)/t14-/m1/s1. The van der Waals surface area contributed by atoms with E-state index in [1.807, 2.05) is 18.4 Å². The highest BCUT2D eigenvalue weighted by Gasteiger charge is 2.27. The zero-order chi connectivity index (χ0) is 16.5. The first kappa shape index (κ1) is 15.6. The molecular weight excluding hydrogens is 316 g/mol. The number of rotatable bonds is 4. The average molecular weight is 340 g/mol. The van der Waals surface area contributed by atoms with Crippen LogP contribution in [0, 0.1) is 0 Å². The van der Waals surface area contributed by atoms with Gasteiger partial charge in [0, 0.05) is 18.0 Å². The number of fused-ring (bicyclic) bond motifs is 1. The molecule has 0 bridgehead atoms. The molecule has 4 rings (SSSR count). The predicted octanol–water partition coefficient (Wildman–Crippen LogP) is 3.32. The number of thiazole rings is 1. The van der Waals surface area contributed by atoms with Gasteiger partial charge in [-0.15, -0.1) is 11.3 Å². The third kappa shape index (κ3) is 3.31. The maximum atomic E-state index is 6.08. The number of hydrogen-bond acceptors (Lipinski definition) is 3. The van der Waals surface area contributed by atoms with Crippen molar-refractivity contribution in [2.24, 2.45) is 10.7 Å². The van der Waals surface area contributed by atoms with Crippen molar-refractivity contribution >= 4 is 17.3 Å². The summed E-state index contributed by atoms with van der Waals surface area (Å²) < 4.78 is 0. The molecule has 2 aliphatic rings. The van der Waals surface area contributed by atoms with Crippen LogP contribution >= 0.6 is 11.3 Å². The second kappa shape index (κ2) is 6.55. The first-order valence-electron chi connectivity index (χ1n) is 8.76. The molecule has 1 atom stereocenters. The molecule has 1 fully saturated rings. The minimum atomic E-state index is 0.602. The first-order valence-corrected chi connectivity index (χ1v) is 9.57. The lowest BCUT2D eigenvalue weighted by atomic mass is 9.85. The predicted molar refractivity (Wildman–Crippen MR) is 99.4 cm³/mol. The Hall–Kier alpha value is -1.88. The van der Waals surface area contributed by atoms with E-state index in [1.165, 1.54) is 35.4 Å². The fourth-order valence-corrected chi connectivity index (χ4v) is 4.53. The van der Waals surface area contributed by atoms with E-state index in [1.54, 1.807) is 0 Å². The number of aryl methyl sites for hydroxylation is 1. The number of nitrogens with zero attached hydrogens (tertiary/aromatic N) is 3. The van der Waals surface area contributed by atoms with Gasteiger partial charge in [0.25, 0.3) is 0 Å². The summed E-state index contributed by atoms with van der Waals surface area (Å²) >= 11 is 1.82. The monoisotopic (exact) mass is 340 g/mol. The molecule has 1 saturated carbocycles. The summed E-state index contributed by atoms with van der Waals surface area (Å²) in [5, 5.41) is 1.10. The third-order valence-electron chi connectivity index (χ3n) is 5.09. The zero-order valence-corrected chi connectivity index (χ0v) is 14.9. The molecule has 0 unspecified atom stereocenters. The summed E-state index contributed by atoms with van der Waals surface area (Å²) in [4.78, 5) is 12.9. The number of hydrogen-bond donors (Lipinski definition) is 1. The van der Waals surface area contributed by atoms with Gasteiger partial charge < -0.3 is 10.6 Å². The topological polar surface area (TPSA) is 54.5 Å². The zero-order valence-electron chi connectivity index (χ0n) is 14.1. The molecule has 24 heavy (non-hydrogen) atoms. The van der Waals surface area contributed by atoms with Crippen LogP contribution in [0.3, 0.4) is 0 Å². The maximum Gasteiger partial charge on any atom is 0.191 e. The van der Waals surface area contributed by atoms with Crippen LogP contribution in [0.4, 0.5) is 0 Å². The number of nitrogens with two attached hydrogens (primary N) is 1. The van der Waals surface area contributed by atoms with Crippen LogP contribution in [-0.2, 0) is 19.4 Å². The van der Waals surface area contributed by atoms with E-state index in [-0.39, 0.29) is 0 Å². The average Bonchev–Trinajstić information content (AvgIpc) is 3.39. The molecule has 5 heteroatoms. The van der Waals surface area contributed by atoms with Gasteiger partial charge in [-0.3, -0.25) is 0 Å². The van der Waals surface area contributed by atoms with Gasteiger partial charge in [0.05, 0.1) is 12.2 Å². The van der Waals surface area contributed by atoms with Crippen molar-refractivity contribution in [3.8, 4) is 0 Å². The van der Waals surface area contributed by atoms with Gasteiger partial charge in [-0.1, -0.05) is 30.3 Å². The number of aliphatic imine (C=N–C) groups is 1. The summed E-state index contributed by atoms with van der Waals surface area (Å²) in [7, 11) is 2.04. The second-order valence-electron chi connectivity index (χ2n) is 6.84. The van der Waals surface area contributed by atoms with Crippen molar-refractivity contribution in [3.63, 3.8) is 0 Å². The van der Waals surface area contributed by atoms with E-state index in [2.05, 4.69) is 40.2 Å². The molecular formula is C19H24N4S. The first-order chi connectivity index (χ1) is 11.7. The highest BCUT2D eigenvalue weighted by Crippen LogP contribution is 2.35. The fourth-order valence-electron chi connectivity index (χ4n) is 3.41. The van der Waals surface area contributed by atoms with Crippen molar-refractivity contribution in [2.75, 3.05) is 7.05 Å². The minimum absolute atomic E-state index is 0.602. The Morgan fingerprint density at radius 2 is 2.08 bits per heavy atom. The smallest absolute Gasteiger partial charge is 0.191 e. The number of aromatic nitrogens is 1. The van der Waals surface area contributed by atoms with Crippen LogP contribution < -0.4 is 5.73 Å². The summed E-state index contributed by atoms with van der Waals surface area (Å²) in [5.41, 5.74) is 8.81.